The highest BCUT2D eigenvalue weighted by atomic mass is 32.2. The maximum absolute atomic E-state index is 12.5. The van der Waals surface area contributed by atoms with Gasteiger partial charge in [0.2, 0.25) is 10.0 Å². The Morgan fingerprint density at radius 1 is 1.16 bits per heavy atom. The van der Waals surface area contributed by atoms with Crippen molar-refractivity contribution in [1.29, 1.82) is 0 Å². The Balaban J connectivity index is 2.23. The van der Waals surface area contributed by atoms with E-state index in [0.717, 1.165) is 23.8 Å². The predicted molar refractivity (Wildman–Crippen MR) is 93.1 cm³/mol. The highest BCUT2D eigenvalue weighted by Crippen LogP contribution is 2.22. The fourth-order valence-electron chi connectivity index (χ4n) is 2.40. The first-order valence-corrected chi connectivity index (χ1v) is 8.98. The summed E-state index contributed by atoms with van der Waals surface area (Å²) >= 11 is 0. The van der Waals surface area contributed by atoms with E-state index in [9.17, 15) is 18.3 Å². The molecule has 0 spiro atoms. The third kappa shape index (κ3) is 4.56. The van der Waals surface area contributed by atoms with Crippen LogP contribution in [0.4, 0.5) is 0 Å². The number of nitrogens with one attached hydrogen (secondary N) is 1. The van der Waals surface area contributed by atoms with Gasteiger partial charge in [-0.25, -0.2) is 17.9 Å². The van der Waals surface area contributed by atoms with Gasteiger partial charge in [-0.05, 0) is 37.9 Å². The molecule has 2 aromatic rings. The number of rotatable bonds is 7. The van der Waals surface area contributed by atoms with Gasteiger partial charge in [0.1, 0.15) is 11.3 Å². The van der Waals surface area contributed by atoms with Gasteiger partial charge in [0.25, 0.3) is 0 Å². The van der Waals surface area contributed by atoms with Crippen LogP contribution in [0.25, 0.3) is 0 Å². The first-order valence-electron chi connectivity index (χ1n) is 7.49. The van der Waals surface area contributed by atoms with Crippen LogP contribution in [0.2, 0.25) is 0 Å². The lowest BCUT2D eigenvalue weighted by Crippen LogP contribution is -2.34. The topological polar surface area (TPSA) is 107 Å². The first-order chi connectivity index (χ1) is 11.7. The minimum absolute atomic E-state index is 0.114. The third-order valence-corrected chi connectivity index (χ3v) is 5.20. The van der Waals surface area contributed by atoms with Gasteiger partial charge in [0.05, 0.1) is 4.90 Å². The maximum atomic E-state index is 12.5. The Labute approximate surface area is 146 Å². The van der Waals surface area contributed by atoms with Crippen LogP contribution in [-0.2, 0) is 10.0 Å². The van der Waals surface area contributed by atoms with Crippen LogP contribution in [0.3, 0.4) is 0 Å². The van der Waals surface area contributed by atoms with Gasteiger partial charge < -0.3 is 15.1 Å². The molecule has 0 aliphatic heterocycles. The number of aromatic carboxylic acids is 1. The molecule has 0 aliphatic carbocycles. The van der Waals surface area contributed by atoms with Gasteiger partial charge in [0.15, 0.2) is 0 Å². The second-order valence-corrected chi connectivity index (χ2v) is 7.49. The Morgan fingerprint density at radius 3 is 2.36 bits per heavy atom. The van der Waals surface area contributed by atoms with E-state index in [-0.39, 0.29) is 17.5 Å². The molecule has 0 aromatic heterocycles. The fraction of sp³-hybridized carbons (Fsp3) is 0.235. The predicted octanol–water partition coefficient (Wildman–Crippen LogP) is 1.67. The number of aromatic hydroxyl groups is 1. The van der Waals surface area contributed by atoms with Crippen molar-refractivity contribution in [1.82, 2.24) is 9.62 Å². The standard InChI is InChI=1S/C17H20N2O5S/c1-19(2)15(12-6-4-3-5-7-12)11-18-25(23,24)13-8-9-16(20)14(10-13)17(21)22/h3-10,15,18,20H,11H2,1-2H3,(H,21,22). The summed E-state index contributed by atoms with van der Waals surface area (Å²) in [5.74, 6) is -1.88. The number of likely N-dealkylation sites (N-methyl/N-ethyl adjacent to an activating group) is 1. The van der Waals surface area contributed by atoms with Crippen molar-refractivity contribution in [3.05, 3.63) is 59.7 Å². The smallest absolute Gasteiger partial charge is 0.339 e. The molecule has 0 amide bonds. The molecule has 0 radical (unpaired) electrons. The Morgan fingerprint density at radius 2 is 1.80 bits per heavy atom. The molecular formula is C17H20N2O5S. The summed E-state index contributed by atoms with van der Waals surface area (Å²) in [6, 6.07) is 12.4. The maximum Gasteiger partial charge on any atom is 0.339 e. The molecular weight excluding hydrogens is 344 g/mol. The Kier molecular flexibility index (Phi) is 5.78. The number of carboxylic acids is 1. The number of hydrogen-bond donors (Lipinski definition) is 3. The first kappa shape index (κ1) is 18.9. The van der Waals surface area contributed by atoms with Crippen molar-refractivity contribution < 1.29 is 23.4 Å². The van der Waals surface area contributed by atoms with Gasteiger partial charge in [0, 0.05) is 12.6 Å². The van der Waals surface area contributed by atoms with Gasteiger partial charge in [-0.15, -0.1) is 0 Å². The normalized spacial score (nSPS) is 12.9. The summed E-state index contributed by atoms with van der Waals surface area (Å²) in [7, 11) is -0.236. The molecule has 0 heterocycles. The van der Waals surface area contributed by atoms with Gasteiger partial charge in [-0.2, -0.15) is 0 Å². The summed E-state index contributed by atoms with van der Waals surface area (Å²) in [6.45, 7) is 0.114. The number of benzene rings is 2. The van der Waals surface area contributed by atoms with Crippen LogP contribution in [0, 0.1) is 0 Å². The van der Waals surface area contributed by atoms with Crippen LogP contribution in [0.5, 0.6) is 5.75 Å². The van der Waals surface area contributed by atoms with Crippen LogP contribution in [0.1, 0.15) is 22.0 Å². The quantitative estimate of drug-likeness (QED) is 0.690. The van der Waals surface area contributed by atoms with Gasteiger partial charge in [-0.3, -0.25) is 0 Å². The fourth-order valence-corrected chi connectivity index (χ4v) is 3.46. The lowest BCUT2D eigenvalue weighted by Gasteiger charge is -2.25. The van der Waals surface area contributed by atoms with Crippen molar-refractivity contribution in [3.8, 4) is 5.75 Å². The summed E-state index contributed by atoms with van der Waals surface area (Å²) in [5.41, 5.74) is 0.488. The number of hydrogen-bond acceptors (Lipinski definition) is 5. The summed E-state index contributed by atoms with van der Waals surface area (Å²) in [6.07, 6.45) is 0. The molecule has 2 rings (SSSR count). The van der Waals surface area contributed by atoms with Crippen LogP contribution >= 0.6 is 0 Å². The van der Waals surface area contributed by atoms with Crippen molar-refractivity contribution >= 4 is 16.0 Å². The highest BCUT2D eigenvalue weighted by Gasteiger charge is 2.21. The van der Waals surface area contributed by atoms with E-state index in [1.165, 1.54) is 0 Å². The zero-order valence-corrected chi connectivity index (χ0v) is 14.7. The monoisotopic (exact) mass is 364 g/mol. The number of nitrogens with zero attached hydrogens (tertiary/aromatic N) is 1. The molecule has 1 unspecified atom stereocenters. The van der Waals surface area contributed by atoms with Crippen LogP contribution in [0.15, 0.2) is 53.4 Å². The van der Waals surface area contributed by atoms with E-state index in [1.807, 2.05) is 49.3 Å². The zero-order valence-electron chi connectivity index (χ0n) is 13.9. The minimum atomic E-state index is -3.92. The number of carbonyl (C=O) groups is 1. The van der Waals surface area contributed by atoms with Crippen molar-refractivity contribution in [2.75, 3.05) is 20.6 Å². The molecule has 0 saturated heterocycles. The Bertz CT molecular complexity index is 851. The number of carboxylic acid groups (broad SMARTS) is 1. The summed E-state index contributed by atoms with van der Waals surface area (Å²) in [5, 5.41) is 18.5. The molecule has 0 fully saturated rings. The molecule has 1 atom stereocenters. The zero-order chi connectivity index (χ0) is 18.6. The second kappa shape index (κ2) is 7.64. The van der Waals surface area contributed by atoms with Crippen LogP contribution in [-0.4, -0.2) is 50.1 Å². The SMILES string of the molecule is CN(C)C(CNS(=O)(=O)c1ccc(O)c(C(=O)O)c1)c1ccccc1. The van der Waals surface area contributed by atoms with Gasteiger partial charge >= 0.3 is 5.97 Å². The number of phenols is 1. The van der Waals surface area contributed by atoms with E-state index in [2.05, 4.69) is 4.72 Å². The van der Waals surface area contributed by atoms with Crippen LogP contribution < -0.4 is 4.72 Å². The van der Waals surface area contributed by atoms with Crippen molar-refractivity contribution in [3.63, 3.8) is 0 Å². The largest absolute Gasteiger partial charge is 0.507 e. The average molecular weight is 364 g/mol. The molecule has 7 nitrogen and oxygen atoms in total. The minimum Gasteiger partial charge on any atom is -0.507 e. The van der Waals surface area contributed by atoms with Crippen molar-refractivity contribution in [2.24, 2.45) is 0 Å². The third-order valence-electron chi connectivity index (χ3n) is 3.78. The molecule has 0 saturated carbocycles. The summed E-state index contributed by atoms with van der Waals surface area (Å²) in [4.78, 5) is 12.7. The Hall–Kier alpha value is -2.42. The molecule has 8 heteroatoms. The lowest BCUT2D eigenvalue weighted by atomic mass is 10.1. The summed E-state index contributed by atoms with van der Waals surface area (Å²) < 4.78 is 27.4. The van der Waals surface area contributed by atoms with E-state index >= 15 is 0 Å². The molecule has 3 N–H and O–H groups in total. The van der Waals surface area contributed by atoms with E-state index < -0.39 is 27.3 Å². The lowest BCUT2D eigenvalue weighted by molar-refractivity contribution is 0.0693. The van der Waals surface area contributed by atoms with Crippen molar-refractivity contribution in [2.45, 2.75) is 10.9 Å². The van der Waals surface area contributed by atoms with E-state index in [1.54, 1.807) is 0 Å². The molecule has 134 valence electrons. The second-order valence-electron chi connectivity index (χ2n) is 5.73. The molecule has 25 heavy (non-hydrogen) atoms. The van der Waals surface area contributed by atoms with E-state index in [0.29, 0.717) is 0 Å². The molecule has 0 aliphatic rings. The molecule has 0 bridgehead atoms. The number of sulfonamides is 1. The van der Waals surface area contributed by atoms with E-state index in [4.69, 9.17) is 5.11 Å². The molecule has 2 aromatic carbocycles. The average Bonchev–Trinajstić information content (AvgIpc) is 2.55. The highest BCUT2D eigenvalue weighted by molar-refractivity contribution is 7.89. The van der Waals surface area contributed by atoms with Gasteiger partial charge in [-0.1, -0.05) is 30.3 Å².